The Hall–Kier alpha value is -2.18. The van der Waals surface area contributed by atoms with Gasteiger partial charge in [-0.2, -0.15) is 5.10 Å². The van der Waals surface area contributed by atoms with Crippen molar-refractivity contribution in [2.75, 3.05) is 0 Å². The molecule has 6 nitrogen and oxygen atoms in total. The summed E-state index contributed by atoms with van der Waals surface area (Å²) in [5, 5.41) is 8.06. The Labute approximate surface area is 126 Å². The van der Waals surface area contributed by atoms with E-state index < -0.39 is 0 Å². The predicted molar refractivity (Wildman–Crippen MR) is 78.2 cm³/mol. The summed E-state index contributed by atoms with van der Waals surface area (Å²) in [6, 6.07) is 3.99. The second-order valence-electron chi connectivity index (χ2n) is 4.57. The number of aryl methyl sites for hydroxylation is 1. The summed E-state index contributed by atoms with van der Waals surface area (Å²) in [6.45, 7) is 3.13. The van der Waals surface area contributed by atoms with Crippen LogP contribution in [-0.4, -0.2) is 19.7 Å². The van der Waals surface area contributed by atoms with Crippen LogP contribution in [0.1, 0.15) is 17.1 Å². The van der Waals surface area contributed by atoms with Crippen LogP contribution in [0.15, 0.2) is 41.4 Å². The Kier molecular flexibility index (Phi) is 3.98. The van der Waals surface area contributed by atoms with E-state index in [1.54, 1.807) is 29.5 Å². The van der Waals surface area contributed by atoms with Gasteiger partial charge in [-0.15, -0.1) is 0 Å². The second kappa shape index (κ2) is 6.07. The van der Waals surface area contributed by atoms with Gasteiger partial charge >= 0.3 is 0 Å². The lowest BCUT2D eigenvalue weighted by Gasteiger charge is -2.10. The predicted octanol–water partition coefficient (Wildman–Crippen LogP) is 2.51. The van der Waals surface area contributed by atoms with Gasteiger partial charge in [0.25, 0.3) is 0 Å². The molecule has 0 fully saturated rings. The summed E-state index contributed by atoms with van der Waals surface area (Å²) in [5.41, 5.74) is 1.94. The maximum absolute atomic E-state index is 5.93. The minimum absolute atomic E-state index is 0.556. The lowest BCUT2D eigenvalue weighted by Crippen LogP contribution is -2.16. The van der Waals surface area contributed by atoms with Crippen molar-refractivity contribution in [2.24, 2.45) is 0 Å². The quantitative estimate of drug-likeness (QED) is 0.784. The first-order chi connectivity index (χ1) is 10.2. The Morgan fingerprint density at radius 2 is 2.24 bits per heavy atom. The number of halogens is 1. The van der Waals surface area contributed by atoms with Crippen LogP contribution in [0.25, 0.3) is 5.82 Å². The Morgan fingerprint density at radius 3 is 2.95 bits per heavy atom. The summed E-state index contributed by atoms with van der Waals surface area (Å²) in [4.78, 5) is 8.60. The molecule has 0 saturated heterocycles. The van der Waals surface area contributed by atoms with Crippen LogP contribution in [0.2, 0.25) is 5.02 Å². The van der Waals surface area contributed by atoms with Gasteiger partial charge < -0.3 is 9.73 Å². The average molecular weight is 304 g/mol. The number of pyridine rings is 1. The molecule has 0 spiro atoms. The van der Waals surface area contributed by atoms with Gasteiger partial charge in [0, 0.05) is 17.8 Å². The number of nitrogens with one attached hydrogen (secondary N) is 1. The first kappa shape index (κ1) is 13.8. The van der Waals surface area contributed by atoms with E-state index in [9.17, 15) is 0 Å². The highest BCUT2D eigenvalue weighted by molar-refractivity contribution is 6.30. The highest BCUT2D eigenvalue weighted by Gasteiger charge is 2.09. The molecule has 3 aromatic heterocycles. The topological polar surface area (TPSA) is 68.8 Å². The van der Waals surface area contributed by atoms with Gasteiger partial charge in [0.2, 0.25) is 5.89 Å². The van der Waals surface area contributed by atoms with Crippen LogP contribution >= 0.6 is 11.6 Å². The number of nitrogens with zero attached hydrogens (tertiary/aromatic N) is 4. The molecule has 0 amide bonds. The van der Waals surface area contributed by atoms with E-state index in [0.717, 1.165) is 17.1 Å². The summed E-state index contributed by atoms with van der Waals surface area (Å²) >= 11 is 5.93. The molecule has 0 aliphatic carbocycles. The third-order valence-corrected chi connectivity index (χ3v) is 3.13. The van der Waals surface area contributed by atoms with Gasteiger partial charge in [-0.05, 0) is 13.0 Å². The van der Waals surface area contributed by atoms with E-state index in [1.807, 2.05) is 19.1 Å². The monoisotopic (exact) mass is 303 g/mol. The Morgan fingerprint density at radius 1 is 1.33 bits per heavy atom. The van der Waals surface area contributed by atoms with E-state index in [2.05, 4.69) is 20.4 Å². The molecule has 0 atom stereocenters. The Balaban J connectivity index is 1.78. The zero-order chi connectivity index (χ0) is 14.7. The van der Waals surface area contributed by atoms with Crippen LogP contribution in [-0.2, 0) is 13.1 Å². The van der Waals surface area contributed by atoms with Gasteiger partial charge in [0.05, 0.1) is 30.2 Å². The van der Waals surface area contributed by atoms with E-state index in [1.165, 1.54) is 0 Å². The maximum atomic E-state index is 5.93. The summed E-state index contributed by atoms with van der Waals surface area (Å²) in [7, 11) is 0. The van der Waals surface area contributed by atoms with Crippen LogP contribution in [0.4, 0.5) is 0 Å². The third kappa shape index (κ3) is 3.29. The van der Waals surface area contributed by atoms with Crippen molar-refractivity contribution in [2.45, 2.75) is 20.0 Å². The standard InChI is InChI=1S/C14H14ClN5O/c1-10-2-3-11(6-16-8-13-17-4-5-21-13)14(19-10)20-9-12(15)7-18-20/h2-5,7,9,16H,6,8H2,1H3. The molecule has 0 bridgehead atoms. The molecule has 0 aliphatic heterocycles. The number of aromatic nitrogens is 4. The number of hydrogen-bond acceptors (Lipinski definition) is 5. The minimum atomic E-state index is 0.556. The average Bonchev–Trinajstić information content (AvgIpc) is 3.12. The zero-order valence-electron chi connectivity index (χ0n) is 11.5. The van der Waals surface area contributed by atoms with E-state index >= 15 is 0 Å². The molecule has 3 aromatic rings. The fourth-order valence-corrected chi connectivity index (χ4v) is 2.11. The molecule has 21 heavy (non-hydrogen) atoms. The van der Waals surface area contributed by atoms with Crippen molar-refractivity contribution in [1.82, 2.24) is 25.1 Å². The largest absolute Gasteiger partial charge is 0.448 e. The second-order valence-corrected chi connectivity index (χ2v) is 5.00. The normalized spacial score (nSPS) is 11.0. The van der Waals surface area contributed by atoms with Crippen molar-refractivity contribution in [3.05, 3.63) is 59.2 Å². The molecular formula is C14H14ClN5O. The minimum Gasteiger partial charge on any atom is -0.448 e. The molecule has 0 unspecified atom stereocenters. The molecule has 3 heterocycles. The Bertz CT molecular complexity index is 723. The van der Waals surface area contributed by atoms with Crippen molar-refractivity contribution in [3.63, 3.8) is 0 Å². The molecule has 0 radical (unpaired) electrons. The van der Waals surface area contributed by atoms with Crippen LogP contribution < -0.4 is 5.32 Å². The fourth-order valence-electron chi connectivity index (χ4n) is 1.97. The number of oxazole rings is 1. The molecule has 0 aliphatic rings. The number of hydrogen-bond donors (Lipinski definition) is 1. The van der Waals surface area contributed by atoms with Crippen molar-refractivity contribution < 1.29 is 4.42 Å². The van der Waals surface area contributed by atoms with Gasteiger partial charge in [0.15, 0.2) is 5.82 Å². The molecule has 3 rings (SSSR count). The van der Waals surface area contributed by atoms with E-state index in [0.29, 0.717) is 24.0 Å². The third-order valence-electron chi connectivity index (χ3n) is 2.94. The van der Waals surface area contributed by atoms with Gasteiger partial charge in [-0.1, -0.05) is 17.7 Å². The molecule has 1 N–H and O–H groups in total. The molecule has 7 heteroatoms. The lowest BCUT2D eigenvalue weighted by atomic mass is 10.2. The smallest absolute Gasteiger partial charge is 0.207 e. The maximum Gasteiger partial charge on any atom is 0.207 e. The summed E-state index contributed by atoms with van der Waals surface area (Å²) in [6.07, 6.45) is 6.51. The van der Waals surface area contributed by atoms with Crippen molar-refractivity contribution in [3.8, 4) is 5.82 Å². The van der Waals surface area contributed by atoms with E-state index in [4.69, 9.17) is 16.0 Å². The van der Waals surface area contributed by atoms with Crippen molar-refractivity contribution >= 4 is 11.6 Å². The van der Waals surface area contributed by atoms with Gasteiger partial charge in [0.1, 0.15) is 6.26 Å². The SMILES string of the molecule is Cc1ccc(CNCc2ncco2)c(-n2cc(Cl)cn2)n1. The highest BCUT2D eigenvalue weighted by atomic mass is 35.5. The molecule has 0 aromatic carbocycles. The molecular weight excluding hydrogens is 290 g/mol. The first-order valence-electron chi connectivity index (χ1n) is 6.48. The molecule has 0 saturated carbocycles. The number of rotatable bonds is 5. The van der Waals surface area contributed by atoms with E-state index in [-0.39, 0.29) is 0 Å². The summed E-state index contributed by atoms with van der Waals surface area (Å²) in [5.74, 6) is 1.42. The fraction of sp³-hybridized carbons (Fsp3) is 0.214. The van der Waals surface area contributed by atoms with Gasteiger partial charge in [-0.3, -0.25) is 0 Å². The molecule has 108 valence electrons. The van der Waals surface area contributed by atoms with Crippen LogP contribution in [0, 0.1) is 6.92 Å². The summed E-state index contributed by atoms with van der Waals surface area (Å²) < 4.78 is 6.86. The van der Waals surface area contributed by atoms with Crippen LogP contribution in [0.3, 0.4) is 0 Å². The lowest BCUT2D eigenvalue weighted by molar-refractivity contribution is 0.467. The van der Waals surface area contributed by atoms with Gasteiger partial charge in [-0.25, -0.2) is 14.6 Å². The first-order valence-corrected chi connectivity index (χ1v) is 6.86. The zero-order valence-corrected chi connectivity index (χ0v) is 12.2. The van der Waals surface area contributed by atoms with Crippen LogP contribution in [0.5, 0.6) is 0 Å². The highest BCUT2D eigenvalue weighted by Crippen LogP contribution is 2.15. The van der Waals surface area contributed by atoms with Crippen molar-refractivity contribution in [1.29, 1.82) is 0 Å².